The zero-order valence-corrected chi connectivity index (χ0v) is 17.1. The summed E-state index contributed by atoms with van der Waals surface area (Å²) in [4.78, 5) is 42.7. The van der Waals surface area contributed by atoms with Gasteiger partial charge in [0.2, 0.25) is 0 Å². The van der Waals surface area contributed by atoms with Crippen molar-refractivity contribution in [1.29, 1.82) is 0 Å². The van der Waals surface area contributed by atoms with Crippen molar-refractivity contribution in [2.45, 2.75) is 32.2 Å². The number of thiophene rings is 1. The summed E-state index contributed by atoms with van der Waals surface area (Å²) in [5.41, 5.74) is 1.73. The lowest BCUT2D eigenvalue weighted by Gasteiger charge is -2.31. The van der Waals surface area contributed by atoms with E-state index in [9.17, 15) is 9.59 Å². The van der Waals surface area contributed by atoms with Crippen LogP contribution >= 0.6 is 11.3 Å². The standard InChI is InChI=1S/C21H23N5O2S/c27-19-18-14-5-1-2-7-16(14)29-20(18)24-17(23-19)13-25-9-11-26(12-10-25)21(28)15-6-3-4-8-22-15/h3-4,6,8H,1-2,5,7,9-13H2,(H,23,24,27)/p+1. The third-order valence-corrected chi connectivity index (χ3v) is 7.12. The molecule has 0 spiro atoms. The number of carbonyl (C=O) groups excluding carboxylic acids is 1. The van der Waals surface area contributed by atoms with E-state index in [0.717, 1.165) is 48.4 Å². The molecule has 1 saturated heterocycles. The quantitative estimate of drug-likeness (QED) is 0.669. The number of aromatic amines is 1. The number of fused-ring (bicyclic) bond motifs is 3. The lowest BCUT2D eigenvalue weighted by atomic mass is 9.97. The zero-order chi connectivity index (χ0) is 19.8. The molecule has 29 heavy (non-hydrogen) atoms. The van der Waals surface area contributed by atoms with Crippen molar-refractivity contribution in [2.24, 2.45) is 0 Å². The van der Waals surface area contributed by atoms with Crippen molar-refractivity contribution in [3.63, 3.8) is 0 Å². The van der Waals surface area contributed by atoms with Crippen LogP contribution in [-0.4, -0.2) is 51.9 Å². The van der Waals surface area contributed by atoms with Crippen LogP contribution in [0.3, 0.4) is 0 Å². The summed E-state index contributed by atoms with van der Waals surface area (Å²) in [5, 5.41) is 0.814. The number of nitrogens with zero attached hydrogens (tertiary/aromatic N) is 3. The number of amides is 1. The normalized spacial score (nSPS) is 17.4. The summed E-state index contributed by atoms with van der Waals surface area (Å²) in [7, 11) is 0. The molecule has 5 rings (SSSR count). The van der Waals surface area contributed by atoms with Crippen molar-refractivity contribution in [3.8, 4) is 0 Å². The molecule has 0 atom stereocenters. The van der Waals surface area contributed by atoms with Crippen molar-refractivity contribution in [1.82, 2.24) is 19.9 Å². The highest BCUT2D eigenvalue weighted by atomic mass is 32.1. The Labute approximate surface area is 172 Å². The fourth-order valence-corrected chi connectivity index (χ4v) is 5.66. The van der Waals surface area contributed by atoms with E-state index in [0.29, 0.717) is 25.3 Å². The number of H-pyrrole nitrogens is 1. The highest BCUT2D eigenvalue weighted by Gasteiger charge is 2.26. The van der Waals surface area contributed by atoms with Gasteiger partial charge in [-0.1, -0.05) is 6.07 Å². The first-order valence-electron chi connectivity index (χ1n) is 10.3. The molecule has 1 aliphatic heterocycles. The van der Waals surface area contributed by atoms with Gasteiger partial charge in [-0.3, -0.25) is 14.6 Å². The molecule has 8 heteroatoms. The van der Waals surface area contributed by atoms with Crippen molar-refractivity contribution in [3.05, 3.63) is 56.7 Å². The zero-order valence-electron chi connectivity index (χ0n) is 16.2. The van der Waals surface area contributed by atoms with Crippen LogP contribution in [0, 0.1) is 0 Å². The number of aryl methyl sites for hydroxylation is 2. The van der Waals surface area contributed by atoms with E-state index in [2.05, 4.69) is 9.97 Å². The molecule has 2 N–H and O–H groups in total. The monoisotopic (exact) mass is 410 g/mol. The van der Waals surface area contributed by atoms with Crippen molar-refractivity contribution < 1.29 is 9.69 Å². The van der Waals surface area contributed by atoms with E-state index in [-0.39, 0.29) is 11.5 Å². The van der Waals surface area contributed by atoms with Gasteiger partial charge in [0.1, 0.15) is 17.1 Å². The molecule has 0 aromatic carbocycles. The Hall–Kier alpha value is -2.58. The number of quaternary nitrogens is 1. The van der Waals surface area contributed by atoms with Gasteiger partial charge in [-0.2, -0.15) is 0 Å². The van der Waals surface area contributed by atoms with E-state index in [1.54, 1.807) is 23.6 Å². The minimum Gasteiger partial charge on any atom is -0.326 e. The average molecular weight is 411 g/mol. The Morgan fingerprint density at radius 3 is 2.83 bits per heavy atom. The first-order chi connectivity index (χ1) is 14.2. The second kappa shape index (κ2) is 7.68. The molecule has 1 amide bonds. The maximum absolute atomic E-state index is 12.7. The van der Waals surface area contributed by atoms with E-state index in [4.69, 9.17) is 4.98 Å². The Kier molecular flexibility index (Phi) is 4.89. The Bertz CT molecular complexity index is 1100. The molecule has 7 nitrogen and oxygen atoms in total. The van der Waals surface area contributed by atoms with Gasteiger partial charge in [0.25, 0.3) is 11.5 Å². The number of piperazine rings is 1. The predicted molar refractivity (Wildman–Crippen MR) is 111 cm³/mol. The van der Waals surface area contributed by atoms with Gasteiger partial charge in [0.05, 0.1) is 31.6 Å². The lowest BCUT2D eigenvalue weighted by molar-refractivity contribution is -0.918. The molecule has 3 aromatic heterocycles. The highest BCUT2D eigenvalue weighted by molar-refractivity contribution is 7.18. The first kappa shape index (κ1) is 18.4. The van der Waals surface area contributed by atoms with Gasteiger partial charge in [0, 0.05) is 11.1 Å². The Morgan fingerprint density at radius 2 is 2.03 bits per heavy atom. The van der Waals surface area contributed by atoms with E-state index >= 15 is 0 Å². The number of aromatic nitrogens is 3. The molecule has 3 aromatic rings. The van der Waals surface area contributed by atoms with Crippen LogP contribution in [0.5, 0.6) is 0 Å². The van der Waals surface area contributed by atoms with E-state index in [1.807, 2.05) is 17.0 Å². The number of nitrogens with one attached hydrogen (secondary N) is 2. The molecule has 0 bridgehead atoms. The van der Waals surface area contributed by atoms with Crippen LogP contribution in [0.15, 0.2) is 29.2 Å². The smallest absolute Gasteiger partial charge is 0.272 e. The van der Waals surface area contributed by atoms with Crippen LogP contribution in [0.4, 0.5) is 0 Å². The van der Waals surface area contributed by atoms with Gasteiger partial charge >= 0.3 is 0 Å². The van der Waals surface area contributed by atoms with Gasteiger partial charge in [-0.25, -0.2) is 4.98 Å². The summed E-state index contributed by atoms with van der Waals surface area (Å²) in [5.74, 6) is 0.738. The molecule has 2 aliphatic rings. The minimum atomic E-state index is -0.0123. The molecule has 1 fully saturated rings. The Balaban J connectivity index is 1.28. The van der Waals surface area contributed by atoms with Crippen LogP contribution in [0.2, 0.25) is 0 Å². The lowest BCUT2D eigenvalue weighted by Crippen LogP contribution is -3.13. The summed E-state index contributed by atoms with van der Waals surface area (Å²) in [6, 6.07) is 5.40. The number of carbonyl (C=O) groups is 1. The van der Waals surface area contributed by atoms with Crippen LogP contribution in [0.1, 0.15) is 39.6 Å². The van der Waals surface area contributed by atoms with Crippen molar-refractivity contribution >= 4 is 27.5 Å². The third kappa shape index (κ3) is 3.58. The van der Waals surface area contributed by atoms with Gasteiger partial charge in [0.15, 0.2) is 5.82 Å². The molecule has 4 heterocycles. The molecule has 0 radical (unpaired) electrons. The first-order valence-corrected chi connectivity index (χ1v) is 11.1. The topological polar surface area (TPSA) is 83.4 Å². The maximum Gasteiger partial charge on any atom is 0.272 e. The molecule has 150 valence electrons. The third-order valence-electron chi connectivity index (χ3n) is 5.93. The summed E-state index contributed by atoms with van der Waals surface area (Å²) < 4.78 is 0. The average Bonchev–Trinajstić information content (AvgIpc) is 3.13. The van der Waals surface area contributed by atoms with Crippen molar-refractivity contribution in [2.75, 3.05) is 26.2 Å². The molecule has 0 saturated carbocycles. The number of hydrogen-bond acceptors (Lipinski definition) is 5. The van der Waals surface area contributed by atoms with Crippen LogP contribution in [-0.2, 0) is 19.4 Å². The van der Waals surface area contributed by atoms with Gasteiger partial charge in [-0.15, -0.1) is 11.3 Å². The Morgan fingerprint density at radius 1 is 1.21 bits per heavy atom. The minimum absolute atomic E-state index is 0.00719. The van der Waals surface area contributed by atoms with E-state index in [1.165, 1.54) is 21.8 Å². The molecule has 1 aliphatic carbocycles. The SMILES string of the molecule is O=C(c1ccccn1)N1CC[NH+](Cc2nc3sc4c(c3c(=O)[nH]2)CCCC4)CC1. The molecular weight excluding hydrogens is 386 g/mol. The van der Waals surface area contributed by atoms with E-state index < -0.39 is 0 Å². The fraction of sp³-hybridized carbons (Fsp3) is 0.429. The van der Waals surface area contributed by atoms with Gasteiger partial charge in [-0.05, 0) is 43.4 Å². The second-order valence-electron chi connectivity index (χ2n) is 7.84. The molecular formula is C21H24N5O2S+. The van der Waals surface area contributed by atoms with Crippen LogP contribution in [0.25, 0.3) is 10.2 Å². The largest absolute Gasteiger partial charge is 0.326 e. The summed E-state index contributed by atoms with van der Waals surface area (Å²) in [6.07, 6.45) is 6.08. The second-order valence-corrected chi connectivity index (χ2v) is 8.92. The van der Waals surface area contributed by atoms with Gasteiger partial charge < -0.3 is 14.8 Å². The predicted octanol–water partition coefficient (Wildman–Crippen LogP) is 0.799. The summed E-state index contributed by atoms with van der Waals surface area (Å²) in [6.45, 7) is 3.72. The number of hydrogen-bond donors (Lipinski definition) is 2. The number of rotatable bonds is 3. The summed E-state index contributed by atoms with van der Waals surface area (Å²) >= 11 is 1.69. The molecule has 0 unspecified atom stereocenters. The highest BCUT2D eigenvalue weighted by Crippen LogP contribution is 2.33. The van der Waals surface area contributed by atoms with Crippen LogP contribution < -0.4 is 10.5 Å². The maximum atomic E-state index is 12.7. The number of pyridine rings is 1. The fourth-order valence-electron chi connectivity index (χ4n) is 4.38.